The molecule has 5 saturated carbocycles. The molecule has 5 aliphatic rings. The van der Waals surface area contributed by atoms with Crippen LogP contribution in [0.5, 0.6) is 0 Å². The number of carbonyl (C=O) groups excluding carboxylic acids is 1. The van der Waals surface area contributed by atoms with Crippen LogP contribution in [-0.4, -0.2) is 19.1 Å². The van der Waals surface area contributed by atoms with Gasteiger partial charge in [-0.15, -0.1) is 0 Å². The van der Waals surface area contributed by atoms with Crippen LogP contribution in [0, 0.1) is 61.6 Å². The van der Waals surface area contributed by atoms with E-state index in [9.17, 15) is 9.70 Å². The molecule has 0 aliphatic heterocycles. The number of nitroso groups, excluding NO2 is 1. The second-order valence-corrected chi connectivity index (χ2v) is 15.1. The Morgan fingerprint density at radius 3 is 2.32 bits per heavy atom. The second kappa shape index (κ2) is 8.78. The zero-order chi connectivity index (χ0) is 27.0. The summed E-state index contributed by atoms with van der Waals surface area (Å²) < 4.78 is 5.69. The van der Waals surface area contributed by atoms with E-state index in [0.29, 0.717) is 42.7 Å². The Labute approximate surface area is 225 Å². The molecule has 0 aromatic rings. The van der Waals surface area contributed by atoms with E-state index in [1.165, 1.54) is 63.0 Å². The highest BCUT2D eigenvalue weighted by molar-refractivity contribution is 5.66. The van der Waals surface area contributed by atoms with Gasteiger partial charge in [-0.25, -0.2) is 0 Å². The van der Waals surface area contributed by atoms with Gasteiger partial charge in [0.15, 0.2) is 0 Å². The Kier molecular flexibility index (Phi) is 6.44. The molecule has 10 atom stereocenters. The molecule has 5 rings (SSSR count). The first kappa shape index (κ1) is 27.1. The van der Waals surface area contributed by atoms with E-state index in [1.54, 1.807) is 0 Å². The number of esters is 1. The molecular weight excluding hydrogens is 458 g/mol. The van der Waals surface area contributed by atoms with Gasteiger partial charge < -0.3 is 4.74 Å². The number of hydrogen-bond donors (Lipinski definition) is 0. The summed E-state index contributed by atoms with van der Waals surface area (Å²) in [5, 5.41) is 3.54. The average Bonchev–Trinajstić information content (AvgIpc) is 3.21. The molecule has 206 valence electrons. The van der Waals surface area contributed by atoms with Gasteiger partial charge in [-0.05, 0) is 122 Å². The molecule has 37 heavy (non-hydrogen) atoms. The predicted octanol–water partition coefficient (Wildman–Crippen LogP) is 8.51. The molecule has 4 heteroatoms. The molecular formula is C33H51NO3. The number of ether oxygens (including phenoxy) is 1. The Morgan fingerprint density at radius 1 is 0.946 bits per heavy atom. The minimum Gasteiger partial charge on any atom is -0.465 e. The maximum absolute atomic E-state index is 11.8. The highest BCUT2D eigenvalue weighted by Crippen LogP contribution is 2.77. The summed E-state index contributed by atoms with van der Waals surface area (Å²) in [5.41, 5.74) is 3.29. The number of rotatable bonds is 5. The van der Waals surface area contributed by atoms with E-state index >= 15 is 0 Å². The van der Waals surface area contributed by atoms with Gasteiger partial charge in [-0.3, -0.25) is 4.79 Å². The third kappa shape index (κ3) is 3.55. The molecule has 0 heterocycles. The number of allylic oxidation sites excluding steroid dienone is 1. The van der Waals surface area contributed by atoms with Gasteiger partial charge in [0.2, 0.25) is 0 Å². The highest BCUT2D eigenvalue weighted by Gasteiger charge is 2.70. The summed E-state index contributed by atoms with van der Waals surface area (Å²) in [4.78, 5) is 23.5. The van der Waals surface area contributed by atoms with Gasteiger partial charge in [0.1, 0.15) is 6.61 Å². The Hall–Kier alpha value is -1.45. The van der Waals surface area contributed by atoms with Crippen molar-refractivity contribution in [2.24, 2.45) is 61.8 Å². The minimum absolute atomic E-state index is 0.0883. The van der Waals surface area contributed by atoms with Gasteiger partial charge in [-0.2, -0.15) is 4.91 Å². The summed E-state index contributed by atoms with van der Waals surface area (Å²) in [6.07, 6.45) is 11.9. The SMILES string of the molecule is C=C(C)C1CCC2(CN=O)CCC3(C)C(CCC4C5(C)CCC(=C)C(C)(COC(C)=O)C5CCC43C)C12. The van der Waals surface area contributed by atoms with E-state index < -0.39 is 0 Å². The number of fused-ring (bicyclic) bond motifs is 7. The van der Waals surface area contributed by atoms with Gasteiger partial charge in [0, 0.05) is 12.3 Å². The third-order valence-electron chi connectivity index (χ3n) is 14.0. The third-order valence-corrected chi connectivity index (χ3v) is 14.0. The molecule has 0 amide bonds. The minimum atomic E-state index is -0.186. The molecule has 4 nitrogen and oxygen atoms in total. The first-order valence-electron chi connectivity index (χ1n) is 15.1. The molecule has 0 aromatic carbocycles. The van der Waals surface area contributed by atoms with Crippen LogP contribution in [0.25, 0.3) is 0 Å². The lowest BCUT2D eigenvalue weighted by atomic mass is 9.32. The summed E-state index contributed by atoms with van der Waals surface area (Å²) in [6.45, 7) is 23.9. The fraction of sp³-hybridized carbons (Fsp3) is 0.848. The summed E-state index contributed by atoms with van der Waals surface area (Å²) in [6, 6.07) is 0. The van der Waals surface area contributed by atoms with Crippen LogP contribution in [0.2, 0.25) is 0 Å². The van der Waals surface area contributed by atoms with Crippen LogP contribution in [0.4, 0.5) is 0 Å². The molecule has 10 unspecified atom stereocenters. The molecule has 0 spiro atoms. The molecule has 0 bridgehead atoms. The summed E-state index contributed by atoms with van der Waals surface area (Å²) >= 11 is 0. The average molecular weight is 510 g/mol. The van der Waals surface area contributed by atoms with Crippen molar-refractivity contribution in [3.05, 3.63) is 29.2 Å². The van der Waals surface area contributed by atoms with Crippen LogP contribution in [-0.2, 0) is 9.53 Å². The summed E-state index contributed by atoms with van der Waals surface area (Å²) in [5.74, 6) is 2.68. The molecule has 5 aliphatic carbocycles. The first-order valence-corrected chi connectivity index (χ1v) is 15.1. The molecule has 0 saturated heterocycles. The Balaban J connectivity index is 1.52. The Morgan fingerprint density at radius 2 is 1.68 bits per heavy atom. The fourth-order valence-electron chi connectivity index (χ4n) is 11.9. The smallest absolute Gasteiger partial charge is 0.302 e. The van der Waals surface area contributed by atoms with E-state index in [4.69, 9.17) is 4.74 Å². The topological polar surface area (TPSA) is 55.7 Å². The van der Waals surface area contributed by atoms with Gasteiger partial charge in [0.25, 0.3) is 0 Å². The maximum atomic E-state index is 11.8. The van der Waals surface area contributed by atoms with Crippen molar-refractivity contribution in [1.82, 2.24) is 0 Å². The van der Waals surface area contributed by atoms with Gasteiger partial charge in [0.05, 0.1) is 6.54 Å². The zero-order valence-corrected chi connectivity index (χ0v) is 24.5. The van der Waals surface area contributed by atoms with E-state index in [2.05, 4.69) is 53.0 Å². The maximum Gasteiger partial charge on any atom is 0.302 e. The second-order valence-electron chi connectivity index (χ2n) is 15.1. The molecule has 5 fully saturated rings. The molecule has 0 N–H and O–H groups in total. The van der Waals surface area contributed by atoms with Crippen molar-refractivity contribution in [2.45, 2.75) is 106 Å². The first-order chi connectivity index (χ1) is 17.3. The van der Waals surface area contributed by atoms with Crippen molar-refractivity contribution >= 4 is 5.97 Å². The van der Waals surface area contributed by atoms with E-state index in [0.717, 1.165) is 19.3 Å². The number of carbonyl (C=O) groups is 1. The highest BCUT2D eigenvalue weighted by atomic mass is 16.5. The van der Waals surface area contributed by atoms with Gasteiger partial charge in [-0.1, -0.05) is 57.2 Å². The van der Waals surface area contributed by atoms with Crippen LogP contribution in [0.3, 0.4) is 0 Å². The largest absolute Gasteiger partial charge is 0.465 e. The summed E-state index contributed by atoms with van der Waals surface area (Å²) in [7, 11) is 0. The van der Waals surface area contributed by atoms with Crippen LogP contribution in [0.15, 0.2) is 29.5 Å². The standard InChI is InChI=1S/C33H51NO3/c1-21(2)24-12-16-33(19-34-36)18-17-31(7)25(28(24)33)9-10-27-29(5)14-11-22(3)30(6,20-37-23(4)35)26(29)13-15-32(27,31)8/h24-28H,1,3,9-20H2,2,4-8H3. The van der Waals surface area contributed by atoms with Crippen molar-refractivity contribution in [2.75, 3.05) is 13.2 Å². The van der Waals surface area contributed by atoms with Crippen molar-refractivity contribution < 1.29 is 9.53 Å². The fourth-order valence-corrected chi connectivity index (χ4v) is 11.9. The lowest BCUT2D eigenvalue weighted by Gasteiger charge is -2.72. The zero-order valence-electron chi connectivity index (χ0n) is 24.5. The van der Waals surface area contributed by atoms with E-state index in [1.807, 2.05) is 0 Å². The van der Waals surface area contributed by atoms with Crippen molar-refractivity contribution in [3.8, 4) is 0 Å². The van der Waals surface area contributed by atoms with Crippen LogP contribution >= 0.6 is 0 Å². The quantitative estimate of drug-likeness (QED) is 0.212. The lowest BCUT2D eigenvalue weighted by Crippen LogP contribution is -2.66. The van der Waals surface area contributed by atoms with Crippen LogP contribution < -0.4 is 0 Å². The van der Waals surface area contributed by atoms with E-state index in [-0.39, 0.29) is 33.0 Å². The number of hydrogen-bond acceptors (Lipinski definition) is 4. The van der Waals surface area contributed by atoms with Crippen LogP contribution in [0.1, 0.15) is 106 Å². The monoisotopic (exact) mass is 509 g/mol. The predicted molar refractivity (Wildman–Crippen MR) is 150 cm³/mol. The molecule has 0 radical (unpaired) electrons. The lowest BCUT2D eigenvalue weighted by molar-refractivity contribution is -0.234. The van der Waals surface area contributed by atoms with Crippen molar-refractivity contribution in [3.63, 3.8) is 0 Å². The normalized spacial score (nSPS) is 50.8. The van der Waals surface area contributed by atoms with Crippen molar-refractivity contribution in [1.29, 1.82) is 0 Å². The van der Waals surface area contributed by atoms with Gasteiger partial charge >= 0.3 is 5.97 Å². The Bertz CT molecular complexity index is 1000. The molecule has 0 aromatic heterocycles. The number of nitrogens with zero attached hydrogens (tertiary/aromatic N) is 1.